The van der Waals surface area contributed by atoms with Crippen LogP contribution in [0.5, 0.6) is 5.75 Å². The first-order chi connectivity index (χ1) is 9.65. The number of ether oxygens (including phenoxy) is 1. The lowest BCUT2D eigenvalue weighted by Crippen LogP contribution is -2.24. The lowest BCUT2D eigenvalue weighted by atomic mass is 10.1. The highest BCUT2D eigenvalue weighted by molar-refractivity contribution is 7.10. The molecular formula is C15H23N3OS. The van der Waals surface area contributed by atoms with Crippen molar-refractivity contribution in [3.63, 3.8) is 0 Å². The van der Waals surface area contributed by atoms with Crippen molar-refractivity contribution < 1.29 is 4.74 Å². The molecule has 1 N–H and O–H groups in total. The molecule has 0 aliphatic carbocycles. The maximum atomic E-state index is 5.47. The summed E-state index contributed by atoms with van der Waals surface area (Å²) in [6.45, 7) is 5.22. The van der Waals surface area contributed by atoms with E-state index in [4.69, 9.17) is 4.74 Å². The summed E-state index contributed by atoms with van der Waals surface area (Å²) in [7, 11) is 3.74. The summed E-state index contributed by atoms with van der Waals surface area (Å²) < 4.78 is 7.44. The highest BCUT2D eigenvalue weighted by Gasteiger charge is 2.19. The molecule has 0 aliphatic heterocycles. The molecule has 0 radical (unpaired) electrons. The van der Waals surface area contributed by atoms with Crippen molar-refractivity contribution in [3.8, 4) is 5.75 Å². The summed E-state index contributed by atoms with van der Waals surface area (Å²) in [4.78, 5) is 1.26. The molecule has 0 spiro atoms. The topological polar surface area (TPSA) is 39.1 Å². The van der Waals surface area contributed by atoms with Crippen LogP contribution in [-0.4, -0.2) is 23.4 Å². The minimum atomic E-state index is 0.277. The van der Waals surface area contributed by atoms with Gasteiger partial charge in [0.05, 0.1) is 23.7 Å². The van der Waals surface area contributed by atoms with Gasteiger partial charge in [0.15, 0.2) is 0 Å². The van der Waals surface area contributed by atoms with Gasteiger partial charge in [-0.3, -0.25) is 4.68 Å². The van der Waals surface area contributed by atoms with Crippen LogP contribution < -0.4 is 10.1 Å². The van der Waals surface area contributed by atoms with Crippen LogP contribution in [0.4, 0.5) is 0 Å². The van der Waals surface area contributed by atoms with Crippen LogP contribution >= 0.6 is 11.3 Å². The van der Waals surface area contributed by atoms with Crippen molar-refractivity contribution in [1.29, 1.82) is 0 Å². The van der Waals surface area contributed by atoms with Crippen LogP contribution in [-0.2, 0) is 13.5 Å². The lowest BCUT2D eigenvalue weighted by Gasteiger charge is -2.18. The Balaban J connectivity index is 2.21. The van der Waals surface area contributed by atoms with E-state index in [1.807, 2.05) is 24.7 Å². The number of aryl methyl sites for hydroxylation is 2. The number of nitrogens with one attached hydrogen (secondary N) is 1. The van der Waals surface area contributed by atoms with Gasteiger partial charge in [-0.25, -0.2) is 0 Å². The summed E-state index contributed by atoms with van der Waals surface area (Å²) in [5.41, 5.74) is 2.31. The van der Waals surface area contributed by atoms with Gasteiger partial charge in [0.2, 0.25) is 0 Å². The molecule has 2 heterocycles. The fraction of sp³-hybridized carbons (Fsp3) is 0.533. The SMILES string of the molecule is CCCNC(Cc1cc(C)nn1C)c1sccc1OC. The second-order valence-corrected chi connectivity index (χ2v) is 5.91. The van der Waals surface area contributed by atoms with Gasteiger partial charge < -0.3 is 10.1 Å². The van der Waals surface area contributed by atoms with Gasteiger partial charge in [-0.1, -0.05) is 6.92 Å². The number of thiophene rings is 1. The minimum Gasteiger partial charge on any atom is -0.496 e. The molecule has 0 aromatic carbocycles. The van der Waals surface area contributed by atoms with Crippen molar-refractivity contribution in [3.05, 3.63) is 33.8 Å². The van der Waals surface area contributed by atoms with Gasteiger partial charge in [-0.05, 0) is 37.4 Å². The molecule has 1 atom stereocenters. The average Bonchev–Trinajstić information content (AvgIpc) is 3.01. The smallest absolute Gasteiger partial charge is 0.134 e. The van der Waals surface area contributed by atoms with E-state index < -0.39 is 0 Å². The van der Waals surface area contributed by atoms with Gasteiger partial charge in [0.25, 0.3) is 0 Å². The Morgan fingerprint density at radius 3 is 2.90 bits per heavy atom. The minimum absolute atomic E-state index is 0.277. The van der Waals surface area contributed by atoms with Crippen LogP contribution in [0.25, 0.3) is 0 Å². The molecule has 0 bridgehead atoms. The largest absolute Gasteiger partial charge is 0.496 e. The van der Waals surface area contributed by atoms with E-state index >= 15 is 0 Å². The first kappa shape index (κ1) is 15.1. The summed E-state index contributed by atoms with van der Waals surface area (Å²) in [6, 6.07) is 4.47. The molecule has 5 heteroatoms. The Hall–Kier alpha value is -1.33. The zero-order chi connectivity index (χ0) is 14.5. The number of rotatable bonds is 7. The molecule has 1 unspecified atom stereocenters. The van der Waals surface area contributed by atoms with Gasteiger partial charge in [-0.15, -0.1) is 11.3 Å². The van der Waals surface area contributed by atoms with Crippen LogP contribution in [0, 0.1) is 6.92 Å². The highest BCUT2D eigenvalue weighted by Crippen LogP contribution is 2.32. The van der Waals surface area contributed by atoms with Crippen molar-refractivity contribution in [1.82, 2.24) is 15.1 Å². The average molecular weight is 293 g/mol. The second-order valence-electron chi connectivity index (χ2n) is 4.96. The molecule has 0 amide bonds. The third kappa shape index (κ3) is 3.41. The van der Waals surface area contributed by atoms with Gasteiger partial charge in [-0.2, -0.15) is 5.10 Å². The zero-order valence-corrected chi connectivity index (χ0v) is 13.5. The highest BCUT2D eigenvalue weighted by atomic mass is 32.1. The summed E-state index contributed by atoms with van der Waals surface area (Å²) in [6.07, 6.45) is 2.04. The molecular weight excluding hydrogens is 270 g/mol. The van der Waals surface area contributed by atoms with Crippen LogP contribution in [0.1, 0.15) is 35.7 Å². The Kier molecular flexibility index (Phi) is 5.20. The lowest BCUT2D eigenvalue weighted by molar-refractivity contribution is 0.401. The first-order valence-corrected chi connectivity index (χ1v) is 7.88. The van der Waals surface area contributed by atoms with Crippen molar-refractivity contribution in [2.45, 2.75) is 32.7 Å². The van der Waals surface area contributed by atoms with Gasteiger partial charge >= 0.3 is 0 Å². The Morgan fingerprint density at radius 1 is 1.50 bits per heavy atom. The fourth-order valence-electron chi connectivity index (χ4n) is 2.37. The van der Waals surface area contributed by atoms with E-state index in [2.05, 4.69) is 28.8 Å². The molecule has 0 saturated heterocycles. The van der Waals surface area contributed by atoms with Crippen LogP contribution in [0.2, 0.25) is 0 Å². The van der Waals surface area contributed by atoms with Crippen LogP contribution in [0.15, 0.2) is 17.5 Å². The molecule has 2 aromatic rings. The molecule has 0 fully saturated rings. The molecule has 0 saturated carbocycles. The van der Waals surface area contributed by atoms with E-state index in [1.165, 1.54) is 10.6 Å². The maximum absolute atomic E-state index is 5.47. The number of nitrogens with zero attached hydrogens (tertiary/aromatic N) is 2. The molecule has 4 nitrogen and oxygen atoms in total. The number of hydrogen-bond donors (Lipinski definition) is 1. The Bertz CT molecular complexity index is 547. The molecule has 110 valence electrons. The van der Waals surface area contributed by atoms with Crippen molar-refractivity contribution in [2.24, 2.45) is 7.05 Å². The van der Waals surface area contributed by atoms with Gasteiger partial charge in [0, 0.05) is 19.2 Å². The Morgan fingerprint density at radius 2 is 2.30 bits per heavy atom. The third-order valence-electron chi connectivity index (χ3n) is 3.35. The summed E-state index contributed by atoms with van der Waals surface area (Å²) in [5.74, 6) is 0.975. The van der Waals surface area contributed by atoms with Crippen molar-refractivity contribution in [2.75, 3.05) is 13.7 Å². The summed E-state index contributed by atoms with van der Waals surface area (Å²) in [5, 5.41) is 10.1. The zero-order valence-electron chi connectivity index (χ0n) is 12.6. The van der Waals surface area contributed by atoms with E-state index in [0.717, 1.165) is 30.8 Å². The van der Waals surface area contributed by atoms with E-state index in [9.17, 15) is 0 Å². The molecule has 2 rings (SSSR count). The number of hydrogen-bond acceptors (Lipinski definition) is 4. The molecule has 0 aliphatic rings. The quantitative estimate of drug-likeness (QED) is 0.852. The Labute approximate surface area is 124 Å². The van der Waals surface area contributed by atoms with Crippen molar-refractivity contribution >= 4 is 11.3 Å². The normalized spacial score (nSPS) is 12.6. The predicted octanol–water partition coefficient (Wildman–Crippen LogP) is 3.08. The number of methoxy groups -OCH3 is 1. The molecule has 2 aromatic heterocycles. The fourth-order valence-corrected chi connectivity index (χ4v) is 3.31. The van der Waals surface area contributed by atoms with E-state index in [-0.39, 0.29) is 6.04 Å². The first-order valence-electron chi connectivity index (χ1n) is 7.00. The standard InChI is InChI=1S/C15H23N3OS/c1-5-7-16-13(15-14(19-4)6-8-20-15)10-12-9-11(2)17-18(12)3/h6,8-9,13,16H,5,7,10H2,1-4H3. The van der Waals surface area contributed by atoms with Crippen LogP contribution in [0.3, 0.4) is 0 Å². The van der Waals surface area contributed by atoms with Gasteiger partial charge in [0.1, 0.15) is 5.75 Å². The summed E-state index contributed by atoms with van der Waals surface area (Å²) >= 11 is 1.75. The van der Waals surface area contributed by atoms with E-state index in [0.29, 0.717) is 0 Å². The molecule has 20 heavy (non-hydrogen) atoms. The van der Waals surface area contributed by atoms with E-state index in [1.54, 1.807) is 18.4 Å². The number of aromatic nitrogens is 2. The maximum Gasteiger partial charge on any atom is 0.134 e. The monoisotopic (exact) mass is 293 g/mol. The predicted molar refractivity (Wildman–Crippen MR) is 83.6 cm³/mol. The second kappa shape index (κ2) is 6.90. The third-order valence-corrected chi connectivity index (χ3v) is 4.36.